The maximum absolute atomic E-state index is 13.6. The minimum Gasteiger partial charge on any atom is -0.467 e. The highest BCUT2D eigenvalue weighted by atomic mass is 35.5. The van der Waals surface area contributed by atoms with Gasteiger partial charge in [-0.2, -0.15) is 0 Å². The van der Waals surface area contributed by atoms with Gasteiger partial charge in [0.25, 0.3) is 0 Å². The highest BCUT2D eigenvalue weighted by Crippen LogP contribution is 2.37. The van der Waals surface area contributed by atoms with E-state index in [1.807, 2.05) is 30.3 Å². The van der Waals surface area contributed by atoms with Crippen LogP contribution in [0.1, 0.15) is 35.6 Å². The third kappa shape index (κ3) is 3.56. The molecule has 5 rings (SSSR count). The van der Waals surface area contributed by atoms with Gasteiger partial charge in [-0.3, -0.25) is 14.5 Å². The van der Waals surface area contributed by atoms with Crippen molar-refractivity contribution in [1.82, 2.24) is 9.13 Å². The monoisotopic (exact) mass is 455 g/mol. The van der Waals surface area contributed by atoms with Crippen LogP contribution in [0.5, 0.6) is 0 Å². The molecule has 0 radical (unpaired) electrons. The topological polar surface area (TPSA) is 73.2 Å². The first-order valence-corrected chi connectivity index (χ1v) is 11.3. The number of aromatic nitrogens is 2. The fraction of sp³-hybridized carbons (Fsp3) is 0.304. The second-order valence-electron chi connectivity index (χ2n) is 8.38. The zero-order valence-electron chi connectivity index (χ0n) is 17.3. The van der Waals surface area contributed by atoms with Gasteiger partial charge in [0.15, 0.2) is 0 Å². The molecule has 0 unspecified atom stereocenters. The van der Waals surface area contributed by atoms with Gasteiger partial charge in [-0.05, 0) is 43.2 Å². The lowest BCUT2D eigenvalue weighted by atomic mass is 9.94. The van der Waals surface area contributed by atoms with Gasteiger partial charge >= 0.3 is 5.69 Å². The number of nitrogens with one attached hydrogen (secondary N) is 1. The summed E-state index contributed by atoms with van der Waals surface area (Å²) >= 11 is 7.95. The highest BCUT2D eigenvalue weighted by Gasteiger charge is 2.31. The summed E-state index contributed by atoms with van der Waals surface area (Å²) in [5.41, 5.74) is 1.60. The van der Waals surface area contributed by atoms with Crippen molar-refractivity contribution in [3.63, 3.8) is 0 Å². The van der Waals surface area contributed by atoms with E-state index in [0.29, 0.717) is 30.4 Å². The maximum Gasteiger partial charge on any atom is 0.331 e. The average Bonchev–Trinajstić information content (AvgIpc) is 3.36. The van der Waals surface area contributed by atoms with Gasteiger partial charge in [-0.25, -0.2) is 4.79 Å². The molecular weight excluding hydrogens is 434 g/mol. The van der Waals surface area contributed by atoms with E-state index in [2.05, 4.69) is 13.8 Å². The van der Waals surface area contributed by atoms with Crippen LogP contribution >= 0.6 is 22.9 Å². The van der Waals surface area contributed by atoms with Crippen molar-refractivity contribution in [2.45, 2.75) is 45.6 Å². The molecular formula is C23H22ClN3O3S. The molecule has 1 aliphatic heterocycles. The van der Waals surface area contributed by atoms with E-state index in [1.54, 1.807) is 16.9 Å². The number of halogens is 1. The van der Waals surface area contributed by atoms with Crippen molar-refractivity contribution in [3.05, 3.63) is 85.4 Å². The summed E-state index contributed by atoms with van der Waals surface area (Å²) in [6.45, 7) is 5.13. The number of benzene rings is 1. The van der Waals surface area contributed by atoms with Crippen molar-refractivity contribution >= 4 is 33.2 Å². The van der Waals surface area contributed by atoms with Crippen molar-refractivity contribution in [2.24, 2.45) is 0 Å². The number of ether oxygens (including phenoxy) is 1. The summed E-state index contributed by atoms with van der Waals surface area (Å²) in [4.78, 5) is 15.4. The number of rotatable bonds is 4. The first-order valence-electron chi connectivity index (χ1n) is 10.1. The molecule has 0 saturated heterocycles. The van der Waals surface area contributed by atoms with E-state index in [9.17, 15) is 4.79 Å². The molecule has 0 fully saturated rings. The second-order valence-corrected chi connectivity index (χ2v) is 9.87. The molecule has 31 heavy (non-hydrogen) atoms. The van der Waals surface area contributed by atoms with Gasteiger partial charge in [0.05, 0.1) is 36.9 Å². The number of nitrogens with zero attached hydrogens (tertiary/aromatic N) is 2. The molecule has 0 bridgehead atoms. The van der Waals surface area contributed by atoms with Gasteiger partial charge in [0.2, 0.25) is 0 Å². The lowest BCUT2D eigenvalue weighted by Crippen LogP contribution is -2.41. The maximum atomic E-state index is 13.6. The minimum atomic E-state index is -0.316. The van der Waals surface area contributed by atoms with Crippen LogP contribution in [0.2, 0.25) is 5.02 Å². The van der Waals surface area contributed by atoms with Crippen molar-refractivity contribution in [2.75, 3.05) is 0 Å². The van der Waals surface area contributed by atoms with Crippen LogP contribution in [0, 0.1) is 5.41 Å². The van der Waals surface area contributed by atoms with E-state index in [0.717, 1.165) is 26.2 Å². The summed E-state index contributed by atoms with van der Waals surface area (Å²) < 4.78 is 14.7. The standard InChI is InChI=1S/C23H22ClN3O3S/c1-23(2)10-16-18(13-30-23)31-21-19(16)20(25)26(12-15-7-5-9-29-15)22(28)27(21)11-14-6-3-4-8-17(14)24/h3-9,25H,10-13H2,1-2H3. The number of thiophene rings is 1. The average molecular weight is 456 g/mol. The molecule has 0 spiro atoms. The number of hydrogen-bond acceptors (Lipinski definition) is 5. The minimum absolute atomic E-state index is 0.202. The molecule has 4 heterocycles. The van der Waals surface area contributed by atoms with Gasteiger partial charge in [0.1, 0.15) is 16.1 Å². The summed E-state index contributed by atoms with van der Waals surface area (Å²) in [6.07, 6.45) is 2.27. The lowest BCUT2D eigenvalue weighted by molar-refractivity contribution is -0.0379. The molecule has 4 aromatic rings. The number of hydrogen-bond donors (Lipinski definition) is 1. The molecule has 1 N–H and O–H groups in total. The predicted octanol–water partition coefficient (Wildman–Crippen LogP) is 4.54. The Hall–Kier alpha value is -2.61. The van der Waals surface area contributed by atoms with Crippen LogP contribution < -0.4 is 11.2 Å². The van der Waals surface area contributed by atoms with Crippen molar-refractivity contribution in [1.29, 1.82) is 5.41 Å². The van der Waals surface area contributed by atoms with Crippen LogP contribution in [0.4, 0.5) is 0 Å². The molecule has 0 saturated carbocycles. The largest absolute Gasteiger partial charge is 0.467 e. The van der Waals surface area contributed by atoms with E-state index >= 15 is 0 Å². The van der Waals surface area contributed by atoms with E-state index in [-0.39, 0.29) is 23.3 Å². The van der Waals surface area contributed by atoms with E-state index in [1.165, 1.54) is 15.9 Å². The van der Waals surface area contributed by atoms with Crippen LogP contribution in [-0.2, 0) is 30.9 Å². The van der Waals surface area contributed by atoms with Gasteiger partial charge in [0, 0.05) is 16.3 Å². The van der Waals surface area contributed by atoms with Gasteiger partial charge in [-0.1, -0.05) is 29.8 Å². The quantitative estimate of drug-likeness (QED) is 0.491. The number of fused-ring (bicyclic) bond motifs is 3. The lowest BCUT2D eigenvalue weighted by Gasteiger charge is -2.30. The molecule has 8 heteroatoms. The van der Waals surface area contributed by atoms with E-state index < -0.39 is 0 Å². The molecule has 0 amide bonds. The summed E-state index contributed by atoms with van der Waals surface area (Å²) in [7, 11) is 0. The van der Waals surface area contributed by atoms with Gasteiger partial charge in [-0.15, -0.1) is 11.3 Å². The molecule has 1 aliphatic rings. The Kier molecular flexibility index (Phi) is 4.92. The first kappa shape index (κ1) is 20.3. The molecule has 160 valence electrons. The molecule has 0 atom stereocenters. The summed E-state index contributed by atoms with van der Waals surface area (Å²) in [5, 5.41) is 10.4. The third-order valence-electron chi connectivity index (χ3n) is 5.66. The van der Waals surface area contributed by atoms with Crippen LogP contribution in [-0.4, -0.2) is 14.7 Å². The first-order chi connectivity index (χ1) is 14.8. The molecule has 3 aromatic heterocycles. The number of furan rings is 1. The Bertz CT molecular complexity index is 1400. The normalized spacial score (nSPS) is 15.3. The Balaban J connectivity index is 1.78. The Labute approximate surface area is 187 Å². The highest BCUT2D eigenvalue weighted by molar-refractivity contribution is 7.18. The smallest absolute Gasteiger partial charge is 0.331 e. The zero-order chi connectivity index (χ0) is 21.8. The Morgan fingerprint density at radius 3 is 2.71 bits per heavy atom. The summed E-state index contributed by atoms with van der Waals surface area (Å²) in [5.74, 6) is 0.631. The summed E-state index contributed by atoms with van der Waals surface area (Å²) in [6, 6.07) is 11.1. The fourth-order valence-electron chi connectivity index (χ4n) is 4.08. The second kappa shape index (κ2) is 7.51. The van der Waals surface area contributed by atoms with Crippen molar-refractivity contribution < 1.29 is 9.15 Å². The molecule has 6 nitrogen and oxygen atoms in total. The SMILES string of the molecule is CC1(C)Cc2c(sc3c2c(=N)n(Cc2ccco2)c(=O)n3Cc2ccccc2Cl)CO1. The fourth-order valence-corrected chi connectivity index (χ4v) is 5.50. The predicted molar refractivity (Wildman–Crippen MR) is 121 cm³/mol. The zero-order valence-corrected chi connectivity index (χ0v) is 18.8. The van der Waals surface area contributed by atoms with Gasteiger partial charge < -0.3 is 9.15 Å². The molecule has 1 aromatic carbocycles. The van der Waals surface area contributed by atoms with E-state index in [4.69, 9.17) is 26.2 Å². The Morgan fingerprint density at radius 2 is 1.97 bits per heavy atom. The third-order valence-corrected chi connectivity index (χ3v) is 7.26. The van der Waals surface area contributed by atoms with Crippen LogP contribution in [0.25, 0.3) is 10.2 Å². The van der Waals surface area contributed by atoms with Crippen LogP contribution in [0.3, 0.4) is 0 Å². The Morgan fingerprint density at radius 1 is 1.16 bits per heavy atom. The molecule has 0 aliphatic carbocycles. The van der Waals surface area contributed by atoms with Crippen LogP contribution in [0.15, 0.2) is 51.9 Å². The van der Waals surface area contributed by atoms with Crippen molar-refractivity contribution in [3.8, 4) is 0 Å².